The summed E-state index contributed by atoms with van der Waals surface area (Å²) in [6.45, 7) is 3.66. The largest absolute Gasteiger partial charge is 0.491 e. The second kappa shape index (κ2) is 9.83. The Labute approximate surface area is 223 Å². The third kappa shape index (κ3) is 4.68. The van der Waals surface area contributed by atoms with Crippen molar-refractivity contribution in [3.8, 4) is 5.75 Å². The van der Waals surface area contributed by atoms with Crippen molar-refractivity contribution in [1.82, 2.24) is 25.5 Å². The molecule has 0 amide bonds. The van der Waals surface area contributed by atoms with E-state index in [2.05, 4.69) is 20.8 Å². The molecule has 1 heterocycles. The maximum atomic E-state index is 16.3. The lowest BCUT2D eigenvalue weighted by atomic mass is 9.30. The molecule has 3 saturated carbocycles. The van der Waals surface area contributed by atoms with Crippen molar-refractivity contribution in [3.63, 3.8) is 0 Å². The summed E-state index contributed by atoms with van der Waals surface area (Å²) in [4.78, 5) is 0. The first-order valence-electron chi connectivity index (χ1n) is 12.8. The lowest BCUT2D eigenvalue weighted by molar-refractivity contribution is -0.347. The molecule has 2 aromatic carbocycles. The van der Waals surface area contributed by atoms with Gasteiger partial charge < -0.3 is 20.3 Å². The average Bonchev–Trinajstić information content (AvgIpc) is 3.33. The molecule has 2 bridgehead atoms. The van der Waals surface area contributed by atoms with Crippen molar-refractivity contribution in [2.75, 3.05) is 13.2 Å². The van der Waals surface area contributed by atoms with Gasteiger partial charge in [-0.2, -0.15) is 0 Å². The SMILES string of the molecule is CC(C)NC[C@H](O)COc1ccc(C23CC(C(F)(F)[C@@](O)(Cn4cnnn4)c4ccc(F)cc4F)(C2)C3)cc1. The fraction of sp³-hybridized carbons (Fsp3) is 0.519. The van der Waals surface area contributed by atoms with Gasteiger partial charge in [0.1, 0.15) is 36.4 Å². The zero-order chi connectivity index (χ0) is 28.1. The number of nitrogens with one attached hydrogen (secondary N) is 1. The lowest BCUT2D eigenvalue weighted by Gasteiger charge is -2.74. The van der Waals surface area contributed by atoms with Crippen LogP contribution in [0.4, 0.5) is 17.6 Å². The number of aliphatic hydroxyl groups is 2. The third-order valence-electron chi connectivity index (χ3n) is 8.05. The molecule has 3 N–H and O–H groups in total. The van der Waals surface area contributed by atoms with Crippen LogP contribution in [-0.2, 0) is 17.6 Å². The fourth-order valence-corrected chi connectivity index (χ4v) is 6.06. The molecular formula is C27H31F4N5O3. The summed E-state index contributed by atoms with van der Waals surface area (Å²) in [5.74, 6) is -5.44. The second-order valence-corrected chi connectivity index (χ2v) is 11.2. The van der Waals surface area contributed by atoms with E-state index in [0.29, 0.717) is 18.4 Å². The van der Waals surface area contributed by atoms with Gasteiger partial charge in [-0.05, 0) is 64.9 Å². The number of halogens is 4. The molecule has 3 aromatic rings. The molecule has 8 nitrogen and oxygen atoms in total. The highest BCUT2D eigenvalue weighted by atomic mass is 19.3. The molecule has 0 unspecified atom stereocenters. The molecule has 39 heavy (non-hydrogen) atoms. The molecule has 210 valence electrons. The number of tetrazole rings is 1. The molecule has 3 aliphatic carbocycles. The van der Waals surface area contributed by atoms with Gasteiger partial charge in [-0.1, -0.05) is 26.0 Å². The molecule has 0 radical (unpaired) electrons. The van der Waals surface area contributed by atoms with Gasteiger partial charge in [0.05, 0.1) is 6.54 Å². The maximum Gasteiger partial charge on any atom is 0.287 e. The minimum Gasteiger partial charge on any atom is -0.491 e. The minimum absolute atomic E-state index is 0.0908. The van der Waals surface area contributed by atoms with E-state index in [1.54, 1.807) is 12.1 Å². The van der Waals surface area contributed by atoms with Gasteiger partial charge in [-0.3, -0.25) is 0 Å². The van der Waals surface area contributed by atoms with E-state index in [4.69, 9.17) is 4.74 Å². The zero-order valence-electron chi connectivity index (χ0n) is 21.6. The third-order valence-corrected chi connectivity index (χ3v) is 8.05. The van der Waals surface area contributed by atoms with Gasteiger partial charge in [0, 0.05) is 29.6 Å². The lowest BCUT2D eigenvalue weighted by Crippen LogP contribution is -2.76. The van der Waals surface area contributed by atoms with Gasteiger partial charge in [0.15, 0.2) is 5.60 Å². The zero-order valence-corrected chi connectivity index (χ0v) is 21.6. The van der Waals surface area contributed by atoms with Crippen LogP contribution in [0.3, 0.4) is 0 Å². The summed E-state index contributed by atoms with van der Waals surface area (Å²) in [7, 11) is 0. The molecule has 0 spiro atoms. The number of nitrogens with zero attached hydrogens (tertiary/aromatic N) is 4. The first-order valence-corrected chi connectivity index (χ1v) is 12.8. The van der Waals surface area contributed by atoms with Crippen LogP contribution in [0.2, 0.25) is 0 Å². The van der Waals surface area contributed by atoms with Crippen LogP contribution in [0.15, 0.2) is 48.8 Å². The predicted molar refractivity (Wildman–Crippen MR) is 132 cm³/mol. The van der Waals surface area contributed by atoms with Gasteiger partial charge >= 0.3 is 0 Å². The average molecular weight is 550 g/mol. The highest BCUT2D eigenvalue weighted by Crippen LogP contribution is 2.80. The fourth-order valence-electron chi connectivity index (χ4n) is 6.06. The Morgan fingerprint density at radius 1 is 1.10 bits per heavy atom. The number of benzene rings is 2. The van der Waals surface area contributed by atoms with Crippen LogP contribution < -0.4 is 10.1 Å². The Balaban J connectivity index is 1.30. The van der Waals surface area contributed by atoms with E-state index in [9.17, 15) is 19.0 Å². The van der Waals surface area contributed by atoms with E-state index in [-0.39, 0.29) is 31.9 Å². The molecule has 0 aliphatic heterocycles. The van der Waals surface area contributed by atoms with E-state index < -0.39 is 52.2 Å². The number of aromatic nitrogens is 4. The molecule has 1 aromatic heterocycles. The summed E-state index contributed by atoms with van der Waals surface area (Å²) in [5, 5.41) is 35.0. The first kappa shape index (κ1) is 27.5. The van der Waals surface area contributed by atoms with Crippen molar-refractivity contribution in [1.29, 1.82) is 0 Å². The normalized spacial score (nSPS) is 24.5. The molecule has 3 aliphatic rings. The molecule has 3 fully saturated rings. The monoisotopic (exact) mass is 549 g/mol. The van der Waals surface area contributed by atoms with E-state index in [1.165, 1.54) is 0 Å². The second-order valence-electron chi connectivity index (χ2n) is 11.2. The number of ether oxygens (including phenoxy) is 1. The van der Waals surface area contributed by atoms with Gasteiger partial charge in [-0.25, -0.2) is 22.2 Å². The number of rotatable bonds is 12. The molecular weight excluding hydrogens is 518 g/mol. The smallest absolute Gasteiger partial charge is 0.287 e. The molecule has 6 rings (SSSR count). The number of aliphatic hydroxyl groups excluding tert-OH is 1. The van der Waals surface area contributed by atoms with Crippen molar-refractivity contribution >= 4 is 0 Å². The summed E-state index contributed by atoms with van der Waals surface area (Å²) >= 11 is 0. The predicted octanol–water partition coefficient (Wildman–Crippen LogP) is 3.33. The van der Waals surface area contributed by atoms with Crippen molar-refractivity contribution in [2.45, 2.75) is 68.7 Å². The molecule has 2 atom stereocenters. The number of hydrogen-bond donors (Lipinski definition) is 3. The molecule has 0 saturated heterocycles. The van der Waals surface area contributed by atoms with Crippen LogP contribution in [0, 0.1) is 17.0 Å². The van der Waals surface area contributed by atoms with Gasteiger partial charge in [0.2, 0.25) is 0 Å². The standard InChI is InChI=1S/C27H31F4N5O3/c1-17(2)32-10-20(37)11-39-21-6-3-18(4-7-21)24-12-25(13-24,14-24)27(30,31)26(38,15-36-16-33-34-35-36)22-8-5-19(28)9-23(22)29/h3-9,16-17,20,32,37-38H,10-15H2,1-2H3/t20-,24?,25?,26+/m0/s1. The van der Waals surface area contributed by atoms with Crippen LogP contribution in [0.5, 0.6) is 5.75 Å². The summed E-state index contributed by atoms with van der Waals surface area (Å²) in [6, 6.07) is 9.53. The van der Waals surface area contributed by atoms with E-state index in [0.717, 1.165) is 28.7 Å². The van der Waals surface area contributed by atoms with Crippen molar-refractivity contribution in [3.05, 3.63) is 71.6 Å². The Morgan fingerprint density at radius 3 is 2.38 bits per heavy atom. The van der Waals surface area contributed by atoms with Crippen molar-refractivity contribution < 1.29 is 32.5 Å². The highest BCUT2D eigenvalue weighted by Gasteiger charge is 2.82. The topological polar surface area (TPSA) is 105 Å². The quantitative estimate of drug-likeness (QED) is 0.298. The highest BCUT2D eigenvalue weighted by molar-refractivity contribution is 5.44. The van der Waals surface area contributed by atoms with E-state index in [1.807, 2.05) is 26.0 Å². The number of hydrogen-bond acceptors (Lipinski definition) is 7. The van der Waals surface area contributed by atoms with Crippen LogP contribution >= 0.6 is 0 Å². The van der Waals surface area contributed by atoms with Gasteiger partial charge in [-0.15, -0.1) is 5.10 Å². The Bertz CT molecular complexity index is 1290. The summed E-state index contributed by atoms with van der Waals surface area (Å²) in [5.41, 5.74) is -4.92. The van der Waals surface area contributed by atoms with Crippen LogP contribution in [-0.4, -0.2) is 61.6 Å². The minimum atomic E-state index is -3.78. The summed E-state index contributed by atoms with van der Waals surface area (Å²) < 4.78 is 67.5. The Morgan fingerprint density at radius 2 is 1.79 bits per heavy atom. The number of alkyl halides is 2. The van der Waals surface area contributed by atoms with Gasteiger partial charge in [0.25, 0.3) is 5.92 Å². The van der Waals surface area contributed by atoms with Crippen LogP contribution in [0.1, 0.15) is 44.2 Å². The Hall–Kier alpha value is -3.09. The summed E-state index contributed by atoms with van der Waals surface area (Å²) in [6.07, 6.45) is 0.647. The Kier molecular flexibility index (Phi) is 6.92. The maximum absolute atomic E-state index is 16.3. The first-order chi connectivity index (χ1) is 18.4. The van der Waals surface area contributed by atoms with Crippen molar-refractivity contribution in [2.24, 2.45) is 5.41 Å². The van der Waals surface area contributed by atoms with E-state index >= 15 is 8.78 Å². The molecule has 12 heteroatoms. The van der Waals surface area contributed by atoms with Crippen LogP contribution in [0.25, 0.3) is 0 Å².